The topological polar surface area (TPSA) is 115 Å². The number of ether oxygens (including phenoxy) is 1. The molecule has 0 saturated carbocycles. The molecule has 0 unspecified atom stereocenters. The van der Waals surface area contributed by atoms with Gasteiger partial charge in [0.05, 0.1) is 13.2 Å². The second-order valence-corrected chi connectivity index (χ2v) is 7.71. The minimum Gasteiger partial charge on any atom is -0.438 e. The summed E-state index contributed by atoms with van der Waals surface area (Å²) in [6.45, 7) is 5.08. The smallest absolute Gasteiger partial charge is 0.287 e. The maximum absolute atomic E-state index is 12.5. The number of furan rings is 1. The molecule has 0 atom stereocenters. The largest absolute Gasteiger partial charge is 0.438 e. The van der Waals surface area contributed by atoms with Gasteiger partial charge < -0.3 is 14.5 Å². The lowest BCUT2D eigenvalue weighted by Crippen LogP contribution is -2.40. The number of hydrogen-bond acceptors (Lipinski definition) is 7. The van der Waals surface area contributed by atoms with Crippen LogP contribution < -0.4 is 5.32 Å². The van der Waals surface area contributed by atoms with Crippen LogP contribution in [-0.4, -0.2) is 54.9 Å². The van der Waals surface area contributed by atoms with Crippen molar-refractivity contribution in [1.82, 2.24) is 19.6 Å². The molecule has 2 aromatic rings. The van der Waals surface area contributed by atoms with Crippen molar-refractivity contribution >= 4 is 15.9 Å². The van der Waals surface area contributed by atoms with Crippen molar-refractivity contribution in [2.45, 2.75) is 25.5 Å². The summed E-state index contributed by atoms with van der Waals surface area (Å²) >= 11 is 0. The van der Waals surface area contributed by atoms with E-state index in [-0.39, 0.29) is 30.5 Å². The van der Waals surface area contributed by atoms with E-state index in [1.165, 1.54) is 22.8 Å². The SMILES string of the molecule is Cc1ncnc(C)c1CNC(=O)c1ccc(S(=O)(=O)N2CCOCC2)o1. The van der Waals surface area contributed by atoms with Crippen LogP contribution in [-0.2, 0) is 21.3 Å². The molecule has 0 aromatic carbocycles. The molecule has 140 valence electrons. The van der Waals surface area contributed by atoms with Crippen molar-refractivity contribution in [2.24, 2.45) is 0 Å². The predicted octanol–water partition coefficient (Wildman–Crippen LogP) is 0.637. The molecule has 3 heterocycles. The summed E-state index contributed by atoms with van der Waals surface area (Å²) in [6.07, 6.45) is 1.46. The molecule has 1 saturated heterocycles. The van der Waals surface area contributed by atoms with Gasteiger partial charge >= 0.3 is 0 Å². The van der Waals surface area contributed by atoms with E-state index in [2.05, 4.69) is 15.3 Å². The van der Waals surface area contributed by atoms with Crippen LogP contribution in [0.1, 0.15) is 27.5 Å². The maximum atomic E-state index is 12.5. The average Bonchev–Trinajstić information content (AvgIpc) is 3.13. The minimum absolute atomic E-state index is 0.0657. The standard InChI is InChI=1S/C16H20N4O5S/c1-11-13(12(2)19-10-18-11)9-17-16(21)14-3-4-15(25-14)26(22,23)20-5-7-24-8-6-20/h3-4,10H,5-9H2,1-2H3,(H,17,21). The Morgan fingerprint density at radius 1 is 1.19 bits per heavy atom. The molecule has 1 N–H and O–H groups in total. The number of amides is 1. The van der Waals surface area contributed by atoms with Gasteiger partial charge in [0.1, 0.15) is 6.33 Å². The lowest BCUT2D eigenvalue weighted by atomic mass is 10.2. The van der Waals surface area contributed by atoms with Crippen molar-refractivity contribution < 1.29 is 22.4 Å². The van der Waals surface area contributed by atoms with Gasteiger partial charge in [0, 0.05) is 36.6 Å². The van der Waals surface area contributed by atoms with E-state index < -0.39 is 15.9 Å². The molecular weight excluding hydrogens is 360 g/mol. The van der Waals surface area contributed by atoms with Crippen LogP contribution in [0.5, 0.6) is 0 Å². The Bertz CT molecular complexity index is 883. The second kappa shape index (κ2) is 7.52. The zero-order chi connectivity index (χ0) is 18.7. The van der Waals surface area contributed by atoms with Crippen molar-refractivity contribution in [3.63, 3.8) is 0 Å². The number of nitrogens with zero attached hydrogens (tertiary/aromatic N) is 3. The highest BCUT2D eigenvalue weighted by atomic mass is 32.2. The first-order chi connectivity index (χ1) is 12.4. The highest BCUT2D eigenvalue weighted by molar-refractivity contribution is 7.89. The summed E-state index contributed by atoms with van der Waals surface area (Å²) in [6, 6.07) is 2.64. The van der Waals surface area contributed by atoms with Crippen molar-refractivity contribution in [3.8, 4) is 0 Å². The molecule has 1 aliphatic heterocycles. The van der Waals surface area contributed by atoms with E-state index in [4.69, 9.17) is 9.15 Å². The van der Waals surface area contributed by atoms with Gasteiger partial charge in [0.25, 0.3) is 15.9 Å². The number of morpholine rings is 1. The number of hydrogen-bond donors (Lipinski definition) is 1. The van der Waals surface area contributed by atoms with E-state index in [0.717, 1.165) is 17.0 Å². The Balaban J connectivity index is 1.70. The first-order valence-corrected chi connectivity index (χ1v) is 9.56. The maximum Gasteiger partial charge on any atom is 0.287 e. The Morgan fingerprint density at radius 3 is 2.50 bits per heavy atom. The molecule has 0 radical (unpaired) electrons. The van der Waals surface area contributed by atoms with Gasteiger partial charge in [0.2, 0.25) is 5.09 Å². The number of nitrogens with one attached hydrogen (secondary N) is 1. The first-order valence-electron chi connectivity index (χ1n) is 8.12. The molecule has 1 amide bonds. The summed E-state index contributed by atoms with van der Waals surface area (Å²) in [5, 5.41) is 2.45. The Morgan fingerprint density at radius 2 is 1.85 bits per heavy atom. The summed E-state index contributed by atoms with van der Waals surface area (Å²) in [5.41, 5.74) is 2.36. The van der Waals surface area contributed by atoms with E-state index in [0.29, 0.717) is 13.2 Å². The first kappa shape index (κ1) is 18.5. The molecule has 2 aromatic heterocycles. The molecule has 3 rings (SSSR count). The third-order valence-corrected chi connectivity index (χ3v) is 5.94. The van der Waals surface area contributed by atoms with Crippen molar-refractivity contribution in [2.75, 3.05) is 26.3 Å². The summed E-state index contributed by atoms with van der Waals surface area (Å²) in [5.74, 6) is -0.569. The van der Waals surface area contributed by atoms with E-state index in [9.17, 15) is 13.2 Å². The summed E-state index contributed by atoms with van der Waals surface area (Å²) in [7, 11) is -3.77. The molecule has 10 heteroatoms. The van der Waals surface area contributed by atoms with Crippen LogP contribution in [0.2, 0.25) is 0 Å². The average molecular weight is 380 g/mol. The zero-order valence-electron chi connectivity index (χ0n) is 14.6. The van der Waals surface area contributed by atoms with Crippen molar-refractivity contribution in [3.05, 3.63) is 41.2 Å². The lowest BCUT2D eigenvalue weighted by molar-refractivity contribution is 0.0722. The number of carbonyl (C=O) groups is 1. The van der Waals surface area contributed by atoms with Crippen LogP contribution in [0.4, 0.5) is 0 Å². The Kier molecular flexibility index (Phi) is 5.35. The second-order valence-electron chi connectivity index (χ2n) is 5.84. The summed E-state index contributed by atoms with van der Waals surface area (Å²) in [4.78, 5) is 20.5. The highest BCUT2D eigenvalue weighted by Crippen LogP contribution is 2.20. The molecule has 1 fully saturated rings. The predicted molar refractivity (Wildman–Crippen MR) is 91.0 cm³/mol. The van der Waals surface area contributed by atoms with Gasteiger partial charge in [0.15, 0.2) is 5.76 Å². The monoisotopic (exact) mass is 380 g/mol. The van der Waals surface area contributed by atoms with Crippen molar-refractivity contribution in [1.29, 1.82) is 0 Å². The van der Waals surface area contributed by atoms with Crippen LogP contribution in [0.3, 0.4) is 0 Å². The molecule has 9 nitrogen and oxygen atoms in total. The highest BCUT2D eigenvalue weighted by Gasteiger charge is 2.30. The van der Waals surface area contributed by atoms with E-state index in [1.54, 1.807) is 0 Å². The molecular formula is C16H20N4O5S. The number of rotatable bonds is 5. The van der Waals surface area contributed by atoms with Crippen LogP contribution in [0.15, 0.2) is 28.0 Å². The van der Waals surface area contributed by atoms with E-state index >= 15 is 0 Å². The fraction of sp³-hybridized carbons (Fsp3) is 0.438. The van der Waals surface area contributed by atoms with Crippen LogP contribution >= 0.6 is 0 Å². The third-order valence-electron chi connectivity index (χ3n) is 4.17. The number of sulfonamides is 1. The van der Waals surface area contributed by atoms with Gasteiger partial charge in [-0.1, -0.05) is 0 Å². The number of carbonyl (C=O) groups excluding carboxylic acids is 1. The fourth-order valence-electron chi connectivity index (χ4n) is 2.63. The Hall–Kier alpha value is -2.30. The molecule has 0 aliphatic carbocycles. The molecule has 26 heavy (non-hydrogen) atoms. The lowest BCUT2D eigenvalue weighted by Gasteiger charge is -2.24. The van der Waals surface area contributed by atoms with Crippen LogP contribution in [0.25, 0.3) is 0 Å². The quantitative estimate of drug-likeness (QED) is 0.809. The fourth-order valence-corrected chi connectivity index (χ4v) is 3.95. The third kappa shape index (κ3) is 3.76. The number of aromatic nitrogens is 2. The van der Waals surface area contributed by atoms with Crippen LogP contribution in [0, 0.1) is 13.8 Å². The van der Waals surface area contributed by atoms with E-state index in [1.807, 2.05) is 13.8 Å². The molecule has 0 spiro atoms. The minimum atomic E-state index is -3.77. The number of aryl methyl sites for hydroxylation is 2. The van der Waals surface area contributed by atoms with Gasteiger partial charge in [-0.3, -0.25) is 4.79 Å². The van der Waals surface area contributed by atoms with Gasteiger partial charge in [-0.25, -0.2) is 18.4 Å². The van der Waals surface area contributed by atoms with Gasteiger partial charge in [-0.2, -0.15) is 4.31 Å². The van der Waals surface area contributed by atoms with Gasteiger partial charge in [-0.15, -0.1) is 0 Å². The molecule has 1 aliphatic rings. The van der Waals surface area contributed by atoms with Gasteiger partial charge in [-0.05, 0) is 26.0 Å². The Labute approximate surface area is 151 Å². The zero-order valence-corrected chi connectivity index (χ0v) is 15.4. The summed E-state index contributed by atoms with van der Waals surface area (Å²) < 4.78 is 36.8. The molecule has 0 bridgehead atoms. The normalized spacial score (nSPS) is 15.8.